The van der Waals surface area contributed by atoms with Crippen LogP contribution in [0.25, 0.3) is 10.9 Å². The van der Waals surface area contributed by atoms with Crippen molar-refractivity contribution in [2.75, 3.05) is 0 Å². The van der Waals surface area contributed by atoms with Crippen LogP contribution >= 0.6 is 0 Å². The summed E-state index contributed by atoms with van der Waals surface area (Å²) in [6, 6.07) is 7.19. The number of rotatable bonds is 6. The molecule has 1 aromatic heterocycles. The van der Waals surface area contributed by atoms with Gasteiger partial charge in [-0.3, -0.25) is 19.0 Å². The van der Waals surface area contributed by atoms with Crippen LogP contribution in [0.5, 0.6) is 0 Å². The molecule has 0 saturated heterocycles. The summed E-state index contributed by atoms with van der Waals surface area (Å²) in [4.78, 5) is 41.3. The standard InChI is InChI=1S/C22H29N3O4/c1-14-7-6-10-18(15(14)2)24-21(27)16(3)29-20(26)11-12-25-13-23-19-9-5-4-8-17(19)22(25)28/h4-5,8-9,13-16,18H,6-7,10-12H2,1-3H3,(H,24,27)/t14-,15-,16+,18-/m1/s1. The second-order valence-electron chi connectivity index (χ2n) is 8.02. The van der Waals surface area contributed by atoms with Gasteiger partial charge in [0.05, 0.1) is 23.7 Å². The van der Waals surface area contributed by atoms with E-state index in [4.69, 9.17) is 4.74 Å². The number of amides is 1. The molecular formula is C22H29N3O4. The van der Waals surface area contributed by atoms with Crippen molar-refractivity contribution < 1.29 is 14.3 Å². The van der Waals surface area contributed by atoms with Gasteiger partial charge in [0, 0.05) is 12.6 Å². The van der Waals surface area contributed by atoms with Gasteiger partial charge in [-0.05, 0) is 37.3 Å². The molecule has 0 radical (unpaired) electrons. The summed E-state index contributed by atoms with van der Waals surface area (Å²) in [6.07, 6.45) is 3.79. The first kappa shape index (κ1) is 21.0. The maximum Gasteiger partial charge on any atom is 0.308 e. The van der Waals surface area contributed by atoms with Gasteiger partial charge in [-0.2, -0.15) is 0 Å². The van der Waals surface area contributed by atoms with Crippen LogP contribution in [0, 0.1) is 11.8 Å². The van der Waals surface area contributed by atoms with Gasteiger partial charge in [-0.15, -0.1) is 0 Å². The van der Waals surface area contributed by atoms with E-state index < -0.39 is 12.1 Å². The molecule has 156 valence electrons. The van der Waals surface area contributed by atoms with Crippen molar-refractivity contribution in [3.05, 3.63) is 40.9 Å². The van der Waals surface area contributed by atoms with Crippen molar-refractivity contribution in [3.8, 4) is 0 Å². The van der Waals surface area contributed by atoms with Gasteiger partial charge in [0.2, 0.25) is 0 Å². The molecular weight excluding hydrogens is 370 g/mol. The molecule has 1 aliphatic carbocycles. The van der Waals surface area contributed by atoms with Crippen molar-refractivity contribution >= 4 is 22.8 Å². The summed E-state index contributed by atoms with van der Waals surface area (Å²) in [5.41, 5.74) is 0.419. The number of carbonyl (C=O) groups excluding carboxylic acids is 2. The Hall–Kier alpha value is -2.70. The Morgan fingerprint density at radius 2 is 2.03 bits per heavy atom. The van der Waals surface area contributed by atoms with Crippen LogP contribution in [0.2, 0.25) is 0 Å². The Kier molecular flexibility index (Phi) is 6.67. The minimum atomic E-state index is -0.863. The lowest BCUT2D eigenvalue weighted by atomic mass is 9.78. The molecule has 1 aliphatic rings. The van der Waals surface area contributed by atoms with Gasteiger partial charge in [0.1, 0.15) is 0 Å². The molecule has 3 rings (SSSR count). The highest BCUT2D eigenvalue weighted by Gasteiger charge is 2.30. The molecule has 7 nitrogen and oxygen atoms in total. The zero-order valence-corrected chi connectivity index (χ0v) is 17.3. The first-order valence-corrected chi connectivity index (χ1v) is 10.3. The summed E-state index contributed by atoms with van der Waals surface area (Å²) in [7, 11) is 0. The van der Waals surface area contributed by atoms with Crippen LogP contribution in [-0.4, -0.2) is 33.6 Å². The van der Waals surface area contributed by atoms with E-state index in [1.54, 1.807) is 25.1 Å². The highest BCUT2D eigenvalue weighted by Crippen LogP contribution is 2.29. The Morgan fingerprint density at radius 1 is 1.28 bits per heavy atom. The van der Waals surface area contributed by atoms with E-state index in [0.717, 1.165) is 12.8 Å². The Balaban J connectivity index is 1.52. The van der Waals surface area contributed by atoms with E-state index in [1.807, 2.05) is 6.07 Å². The van der Waals surface area contributed by atoms with Gasteiger partial charge in [0.15, 0.2) is 6.10 Å². The molecule has 2 aromatic rings. The van der Waals surface area contributed by atoms with Gasteiger partial charge in [-0.25, -0.2) is 4.98 Å². The van der Waals surface area contributed by atoms with Crippen LogP contribution in [0.3, 0.4) is 0 Å². The number of benzene rings is 1. The second-order valence-corrected chi connectivity index (χ2v) is 8.02. The summed E-state index contributed by atoms with van der Waals surface area (Å²) >= 11 is 0. The fraction of sp³-hybridized carbons (Fsp3) is 0.545. The molecule has 7 heteroatoms. The lowest BCUT2D eigenvalue weighted by Gasteiger charge is -2.35. The number of nitrogens with one attached hydrogen (secondary N) is 1. The molecule has 1 aromatic carbocycles. The minimum absolute atomic E-state index is 0.00554. The van der Waals surface area contributed by atoms with Crippen LogP contribution < -0.4 is 10.9 Å². The first-order valence-electron chi connectivity index (χ1n) is 10.3. The number of hydrogen-bond donors (Lipinski definition) is 1. The van der Waals surface area contributed by atoms with E-state index in [2.05, 4.69) is 24.1 Å². The summed E-state index contributed by atoms with van der Waals surface area (Å²) in [5, 5.41) is 3.53. The number of esters is 1. The number of aromatic nitrogens is 2. The largest absolute Gasteiger partial charge is 0.452 e. The third-order valence-electron chi connectivity index (χ3n) is 6.00. The smallest absolute Gasteiger partial charge is 0.308 e. The van der Waals surface area contributed by atoms with Gasteiger partial charge in [-0.1, -0.05) is 38.8 Å². The van der Waals surface area contributed by atoms with Crippen molar-refractivity contribution in [3.63, 3.8) is 0 Å². The number of carbonyl (C=O) groups is 2. The minimum Gasteiger partial charge on any atom is -0.452 e. The number of fused-ring (bicyclic) bond motifs is 1. The topological polar surface area (TPSA) is 90.3 Å². The average Bonchev–Trinajstić information content (AvgIpc) is 2.71. The van der Waals surface area contributed by atoms with E-state index in [9.17, 15) is 14.4 Å². The Bertz CT molecular complexity index is 939. The fourth-order valence-corrected chi connectivity index (χ4v) is 3.87. The van der Waals surface area contributed by atoms with Crippen LogP contribution in [0.1, 0.15) is 46.5 Å². The summed E-state index contributed by atoms with van der Waals surface area (Å²) < 4.78 is 6.67. The first-order chi connectivity index (χ1) is 13.9. The normalized spacial score (nSPS) is 22.8. The number of para-hydroxylation sites is 1. The van der Waals surface area contributed by atoms with Gasteiger partial charge in [0.25, 0.3) is 11.5 Å². The lowest BCUT2D eigenvalue weighted by molar-refractivity contribution is -0.155. The molecule has 29 heavy (non-hydrogen) atoms. The Morgan fingerprint density at radius 3 is 2.83 bits per heavy atom. The fourth-order valence-electron chi connectivity index (χ4n) is 3.87. The molecule has 0 unspecified atom stereocenters. The molecule has 1 fully saturated rings. The molecule has 1 saturated carbocycles. The van der Waals surface area contributed by atoms with Gasteiger partial charge >= 0.3 is 5.97 Å². The number of nitrogens with zero attached hydrogens (tertiary/aromatic N) is 2. The highest BCUT2D eigenvalue weighted by atomic mass is 16.5. The maximum atomic E-state index is 12.5. The molecule has 0 aliphatic heterocycles. The van der Waals surface area contributed by atoms with Crippen LogP contribution in [0.4, 0.5) is 0 Å². The molecule has 0 spiro atoms. The zero-order valence-electron chi connectivity index (χ0n) is 17.3. The van der Waals surface area contributed by atoms with Crippen molar-refractivity contribution in [1.82, 2.24) is 14.9 Å². The maximum absolute atomic E-state index is 12.5. The second kappa shape index (κ2) is 9.20. The molecule has 1 N–H and O–H groups in total. The average molecular weight is 399 g/mol. The van der Waals surface area contributed by atoms with Crippen LogP contribution in [0.15, 0.2) is 35.4 Å². The number of ether oxygens (including phenoxy) is 1. The van der Waals surface area contributed by atoms with Crippen LogP contribution in [-0.2, 0) is 20.9 Å². The number of aryl methyl sites for hydroxylation is 1. The van der Waals surface area contributed by atoms with Crippen molar-refractivity contribution in [1.29, 1.82) is 0 Å². The lowest BCUT2D eigenvalue weighted by Crippen LogP contribution is -2.47. The third-order valence-corrected chi connectivity index (χ3v) is 6.00. The molecule has 4 atom stereocenters. The summed E-state index contributed by atoms with van der Waals surface area (Å²) in [6.45, 7) is 6.09. The quantitative estimate of drug-likeness (QED) is 0.754. The van der Waals surface area contributed by atoms with Crippen molar-refractivity contribution in [2.45, 2.75) is 65.1 Å². The molecule has 1 amide bonds. The highest BCUT2D eigenvalue weighted by molar-refractivity contribution is 5.83. The Labute approximate surface area is 170 Å². The van der Waals surface area contributed by atoms with E-state index in [-0.39, 0.29) is 30.5 Å². The number of hydrogen-bond acceptors (Lipinski definition) is 5. The van der Waals surface area contributed by atoms with Crippen molar-refractivity contribution in [2.24, 2.45) is 11.8 Å². The summed E-state index contributed by atoms with van der Waals surface area (Å²) in [5.74, 6) is 0.190. The van der Waals surface area contributed by atoms with E-state index in [1.165, 1.54) is 17.3 Å². The zero-order chi connectivity index (χ0) is 21.0. The van der Waals surface area contributed by atoms with E-state index >= 15 is 0 Å². The van der Waals surface area contributed by atoms with Gasteiger partial charge < -0.3 is 10.1 Å². The SMILES string of the molecule is C[C@@H]1[C@H](C)CCC[C@H]1NC(=O)[C@H](C)OC(=O)CCn1cnc2ccccc2c1=O. The predicted octanol–water partition coefficient (Wildman–Crippen LogP) is 2.66. The monoisotopic (exact) mass is 399 g/mol. The predicted molar refractivity (Wildman–Crippen MR) is 110 cm³/mol. The molecule has 0 bridgehead atoms. The van der Waals surface area contributed by atoms with E-state index in [0.29, 0.717) is 22.7 Å². The third kappa shape index (κ3) is 5.02. The molecule has 1 heterocycles.